The van der Waals surface area contributed by atoms with Crippen molar-refractivity contribution in [1.29, 1.82) is 5.26 Å². The van der Waals surface area contributed by atoms with Gasteiger partial charge in [-0.15, -0.1) is 0 Å². The number of para-hydroxylation sites is 1. The van der Waals surface area contributed by atoms with Crippen molar-refractivity contribution in [1.82, 2.24) is 20.1 Å². The number of anilines is 1. The smallest absolute Gasteiger partial charge is 0.272 e. The summed E-state index contributed by atoms with van der Waals surface area (Å²) in [7, 11) is 1.79. The number of nitrogens with one attached hydrogen (secondary N) is 1. The average molecular weight is 360 g/mol. The van der Waals surface area contributed by atoms with Crippen LogP contribution in [-0.2, 0) is 7.05 Å². The Morgan fingerprint density at radius 3 is 2.96 bits per heavy atom. The lowest BCUT2D eigenvalue weighted by Gasteiger charge is -2.34. The zero-order valence-corrected chi connectivity index (χ0v) is 15.1. The van der Waals surface area contributed by atoms with Crippen LogP contribution in [0.25, 0.3) is 10.9 Å². The third kappa shape index (κ3) is 3.47. The van der Waals surface area contributed by atoms with Gasteiger partial charge in [0.25, 0.3) is 5.91 Å². The van der Waals surface area contributed by atoms with Crippen molar-refractivity contribution in [3.63, 3.8) is 0 Å². The summed E-state index contributed by atoms with van der Waals surface area (Å²) < 4.78 is 1.62. The summed E-state index contributed by atoms with van der Waals surface area (Å²) in [6, 6.07) is 13.5. The topological polar surface area (TPSA) is 86.8 Å². The van der Waals surface area contributed by atoms with Gasteiger partial charge in [-0.2, -0.15) is 10.4 Å². The van der Waals surface area contributed by atoms with Gasteiger partial charge >= 0.3 is 0 Å². The molecule has 3 heterocycles. The molecule has 1 N–H and O–H groups in total. The van der Waals surface area contributed by atoms with Gasteiger partial charge in [-0.3, -0.25) is 9.48 Å². The first-order valence-electron chi connectivity index (χ1n) is 8.99. The maximum absolute atomic E-state index is 12.4. The second-order valence-corrected chi connectivity index (χ2v) is 6.79. The first-order chi connectivity index (χ1) is 13.1. The number of aryl methyl sites for hydroxylation is 1. The SMILES string of the molecule is Cn1ccc(C(=O)NC2CCCN(c3cc(C#N)c4ccccc4n3)C2)n1. The van der Waals surface area contributed by atoms with Crippen LogP contribution in [0.15, 0.2) is 42.6 Å². The van der Waals surface area contributed by atoms with Crippen molar-refractivity contribution in [2.75, 3.05) is 18.0 Å². The number of carbonyl (C=O) groups is 1. The molecule has 0 spiro atoms. The lowest BCUT2D eigenvalue weighted by molar-refractivity contribution is 0.0927. The van der Waals surface area contributed by atoms with Crippen LogP contribution in [0.4, 0.5) is 5.82 Å². The van der Waals surface area contributed by atoms with E-state index in [0.29, 0.717) is 17.8 Å². The van der Waals surface area contributed by atoms with Gasteiger partial charge in [-0.05, 0) is 31.0 Å². The fourth-order valence-corrected chi connectivity index (χ4v) is 3.51. The molecular formula is C20H20N6O. The Kier molecular flexibility index (Phi) is 4.47. The van der Waals surface area contributed by atoms with Crippen LogP contribution < -0.4 is 10.2 Å². The Labute approximate surface area is 157 Å². The van der Waals surface area contributed by atoms with Gasteiger partial charge < -0.3 is 10.2 Å². The number of benzene rings is 1. The molecule has 1 fully saturated rings. The molecule has 1 atom stereocenters. The molecule has 0 bridgehead atoms. The number of fused-ring (bicyclic) bond motifs is 1. The van der Waals surface area contributed by atoms with E-state index in [1.165, 1.54) is 0 Å². The molecule has 1 amide bonds. The standard InChI is InChI=1S/C20H20N6O/c1-25-10-8-18(24-25)20(27)22-15-5-4-9-26(13-15)19-11-14(12-21)16-6-2-3-7-17(16)23-19/h2-3,6-8,10-11,15H,4-5,9,13H2,1H3,(H,22,27). The van der Waals surface area contributed by atoms with Crippen molar-refractivity contribution in [2.24, 2.45) is 7.05 Å². The molecule has 1 aromatic carbocycles. The molecule has 0 radical (unpaired) electrons. The van der Waals surface area contributed by atoms with E-state index in [1.54, 1.807) is 24.0 Å². The molecule has 1 unspecified atom stereocenters. The minimum absolute atomic E-state index is 0.0204. The van der Waals surface area contributed by atoms with Crippen LogP contribution in [0, 0.1) is 11.3 Å². The lowest BCUT2D eigenvalue weighted by Crippen LogP contribution is -2.48. The summed E-state index contributed by atoms with van der Waals surface area (Å²) >= 11 is 0. The van der Waals surface area contributed by atoms with E-state index in [4.69, 9.17) is 4.98 Å². The predicted octanol–water partition coefficient (Wildman–Crippen LogP) is 2.24. The van der Waals surface area contributed by atoms with Gasteiger partial charge in [-0.1, -0.05) is 18.2 Å². The third-order valence-electron chi connectivity index (χ3n) is 4.85. The van der Waals surface area contributed by atoms with Crippen LogP contribution in [0.3, 0.4) is 0 Å². The Morgan fingerprint density at radius 2 is 2.19 bits per heavy atom. The van der Waals surface area contributed by atoms with Crippen LogP contribution >= 0.6 is 0 Å². The first-order valence-corrected chi connectivity index (χ1v) is 8.99. The molecule has 27 heavy (non-hydrogen) atoms. The van der Waals surface area contributed by atoms with E-state index < -0.39 is 0 Å². The highest BCUT2D eigenvalue weighted by Crippen LogP contribution is 2.24. The molecule has 3 aromatic rings. The van der Waals surface area contributed by atoms with Crippen molar-refractivity contribution in [2.45, 2.75) is 18.9 Å². The number of amides is 1. The van der Waals surface area contributed by atoms with Crippen LogP contribution in [-0.4, -0.2) is 39.8 Å². The molecule has 136 valence electrons. The van der Waals surface area contributed by atoms with Gasteiger partial charge in [0.05, 0.1) is 17.1 Å². The first kappa shape index (κ1) is 17.0. The summed E-state index contributed by atoms with van der Waals surface area (Å²) in [5, 5.41) is 17.6. The van der Waals surface area contributed by atoms with Gasteiger partial charge in [0, 0.05) is 37.8 Å². The quantitative estimate of drug-likeness (QED) is 0.774. The molecule has 7 nitrogen and oxygen atoms in total. The van der Waals surface area contributed by atoms with Crippen LogP contribution in [0.2, 0.25) is 0 Å². The number of carbonyl (C=O) groups excluding carboxylic acids is 1. The monoisotopic (exact) mass is 360 g/mol. The van der Waals surface area contributed by atoms with E-state index in [0.717, 1.165) is 36.1 Å². The Morgan fingerprint density at radius 1 is 1.33 bits per heavy atom. The molecule has 7 heteroatoms. The number of rotatable bonds is 3. The van der Waals surface area contributed by atoms with Crippen LogP contribution in [0.1, 0.15) is 28.9 Å². The molecule has 1 saturated heterocycles. The summed E-state index contributed by atoms with van der Waals surface area (Å²) in [5.74, 6) is 0.619. The number of nitriles is 1. The van der Waals surface area contributed by atoms with Crippen LogP contribution in [0.5, 0.6) is 0 Å². The van der Waals surface area contributed by atoms with E-state index in [9.17, 15) is 10.1 Å². The number of piperidine rings is 1. The van der Waals surface area contributed by atoms with Crippen molar-refractivity contribution in [3.05, 3.63) is 53.9 Å². The molecular weight excluding hydrogens is 340 g/mol. The maximum Gasteiger partial charge on any atom is 0.272 e. The zero-order chi connectivity index (χ0) is 18.8. The van der Waals surface area contributed by atoms with E-state index >= 15 is 0 Å². The minimum Gasteiger partial charge on any atom is -0.355 e. The number of pyridine rings is 1. The summed E-state index contributed by atoms with van der Waals surface area (Å²) in [4.78, 5) is 19.2. The Hall–Kier alpha value is -3.40. The summed E-state index contributed by atoms with van der Waals surface area (Å²) in [5.41, 5.74) is 1.85. The van der Waals surface area contributed by atoms with Gasteiger partial charge in [0.15, 0.2) is 0 Å². The number of nitrogens with zero attached hydrogens (tertiary/aromatic N) is 5. The predicted molar refractivity (Wildman–Crippen MR) is 102 cm³/mol. The van der Waals surface area contributed by atoms with E-state index in [-0.39, 0.29) is 11.9 Å². The summed E-state index contributed by atoms with van der Waals surface area (Å²) in [6.07, 6.45) is 3.61. The Bertz CT molecular complexity index is 1030. The number of hydrogen-bond donors (Lipinski definition) is 1. The highest BCUT2D eigenvalue weighted by Gasteiger charge is 2.24. The number of hydrogen-bond acceptors (Lipinski definition) is 5. The molecule has 0 aliphatic carbocycles. The van der Waals surface area contributed by atoms with Crippen molar-refractivity contribution >= 4 is 22.6 Å². The maximum atomic E-state index is 12.4. The van der Waals surface area contributed by atoms with Crippen molar-refractivity contribution in [3.8, 4) is 6.07 Å². The number of aromatic nitrogens is 3. The molecule has 1 aliphatic heterocycles. The fraction of sp³-hybridized carbons (Fsp3) is 0.300. The second-order valence-electron chi connectivity index (χ2n) is 6.79. The largest absolute Gasteiger partial charge is 0.355 e. The van der Waals surface area contributed by atoms with Crippen molar-refractivity contribution < 1.29 is 4.79 Å². The van der Waals surface area contributed by atoms with E-state index in [2.05, 4.69) is 21.4 Å². The Balaban J connectivity index is 1.54. The zero-order valence-electron chi connectivity index (χ0n) is 15.1. The average Bonchev–Trinajstić information content (AvgIpc) is 3.14. The highest BCUT2D eigenvalue weighted by molar-refractivity contribution is 5.92. The molecule has 4 rings (SSSR count). The fourth-order valence-electron chi connectivity index (χ4n) is 3.51. The molecule has 2 aromatic heterocycles. The van der Waals surface area contributed by atoms with Gasteiger partial charge in [0.2, 0.25) is 0 Å². The molecule has 0 saturated carbocycles. The second kappa shape index (κ2) is 7.08. The molecule has 1 aliphatic rings. The minimum atomic E-state index is -0.161. The highest BCUT2D eigenvalue weighted by atomic mass is 16.2. The van der Waals surface area contributed by atoms with Gasteiger partial charge in [-0.25, -0.2) is 4.98 Å². The normalized spacial score (nSPS) is 16.9. The lowest BCUT2D eigenvalue weighted by atomic mass is 10.0. The van der Waals surface area contributed by atoms with Gasteiger partial charge in [0.1, 0.15) is 11.5 Å². The summed E-state index contributed by atoms with van der Waals surface area (Å²) in [6.45, 7) is 1.51. The third-order valence-corrected chi connectivity index (χ3v) is 4.85. The van der Waals surface area contributed by atoms with E-state index in [1.807, 2.05) is 30.3 Å².